The number of carbonyl (C=O) groups is 1. The molecule has 0 saturated heterocycles. The van der Waals surface area contributed by atoms with E-state index >= 15 is 0 Å². The highest BCUT2D eigenvalue weighted by Gasteiger charge is 2.11. The van der Waals surface area contributed by atoms with Gasteiger partial charge in [0.05, 0.1) is 13.0 Å². The molecule has 0 amide bonds. The Kier molecular flexibility index (Phi) is 3.76. The van der Waals surface area contributed by atoms with E-state index in [9.17, 15) is 4.79 Å². The number of likely N-dealkylation sites (N-methyl/N-ethyl adjacent to an activating group) is 1. The van der Waals surface area contributed by atoms with Gasteiger partial charge in [0.1, 0.15) is 12.2 Å². The maximum Gasteiger partial charge on any atom is 0.154 e. The van der Waals surface area contributed by atoms with Gasteiger partial charge in [0.25, 0.3) is 0 Å². The average molecular weight is 196 g/mol. The Balaban J connectivity index is 2.66. The van der Waals surface area contributed by atoms with E-state index in [2.05, 4.69) is 15.4 Å². The second-order valence-electron chi connectivity index (χ2n) is 3.46. The SMILES string of the molecule is CNCC(=O)Cc1ncnn1C(C)C. The number of hydrogen-bond acceptors (Lipinski definition) is 4. The Morgan fingerprint density at radius 2 is 2.36 bits per heavy atom. The van der Waals surface area contributed by atoms with Crippen molar-refractivity contribution in [1.29, 1.82) is 0 Å². The summed E-state index contributed by atoms with van der Waals surface area (Å²) in [6.07, 6.45) is 1.83. The van der Waals surface area contributed by atoms with Crippen LogP contribution in [0.15, 0.2) is 6.33 Å². The lowest BCUT2D eigenvalue weighted by Gasteiger charge is -2.08. The molecule has 0 atom stereocenters. The van der Waals surface area contributed by atoms with Crippen LogP contribution in [0.4, 0.5) is 0 Å². The van der Waals surface area contributed by atoms with E-state index in [4.69, 9.17) is 0 Å². The largest absolute Gasteiger partial charge is 0.313 e. The molecule has 0 fully saturated rings. The van der Waals surface area contributed by atoms with Crippen LogP contribution in [0.2, 0.25) is 0 Å². The van der Waals surface area contributed by atoms with Gasteiger partial charge in [0.2, 0.25) is 0 Å². The zero-order valence-corrected chi connectivity index (χ0v) is 8.82. The third-order valence-electron chi connectivity index (χ3n) is 1.87. The van der Waals surface area contributed by atoms with Crippen molar-refractivity contribution in [3.8, 4) is 0 Å². The lowest BCUT2D eigenvalue weighted by molar-refractivity contribution is -0.117. The Morgan fingerprint density at radius 1 is 1.64 bits per heavy atom. The van der Waals surface area contributed by atoms with Gasteiger partial charge in [-0.2, -0.15) is 5.10 Å². The van der Waals surface area contributed by atoms with Crippen LogP contribution in [0.1, 0.15) is 25.7 Å². The van der Waals surface area contributed by atoms with E-state index in [0.29, 0.717) is 13.0 Å². The van der Waals surface area contributed by atoms with Gasteiger partial charge in [-0.25, -0.2) is 9.67 Å². The second-order valence-corrected chi connectivity index (χ2v) is 3.46. The number of nitrogens with zero attached hydrogens (tertiary/aromatic N) is 3. The second kappa shape index (κ2) is 4.85. The minimum absolute atomic E-state index is 0.127. The lowest BCUT2D eigenvalue weighted by atomic mass is 10.2. The Hall–Kier alpha value is -1.23. The first-order valence-electron chi connectivity index (χ1n) is 4.69. The molecule has 1 aromatic heterocycles. The van der Waals surface area contributed by atoms with E-state index in [1.54, 1.807) is 11.7 Å². The van der Waals surface area contributed by atoms with Crippen LogP contribution in [-0.2, 0) is 11.2 Å². The summed E-state index contributed by atoms with van der Waals surface area (Å²) < 4.78 is 1.77. The molecule has 5 heteroatoms. The fourth-order valence-corrected chi connectivity index (χ4v) is 1.27. The number of nitrogens with one attached hydrogen (secondary N) is 1. The number of rotatable bonds is 5. The van der Waals surface area contributed by atoms with Crippen molar-refractivity contribution in [2.75, 3.05) is 13.6 Å². The molecule has 0 aromatic carbocycles. The quantitative estimate of drug-likeness (QED) is 0.730. The van der Waals surface area contributed by atoms with Gasteiger partial charge >= 0.3 is 0 Å². The molecule has 0 aliphatic carbocycles. The number of Topliss-reactive ketones (excluding diaryl/α,β-unsaturated/α-hetero) is 1. The fraction of sp³-hybridized carbons (Fsp3) is 0.667. The topological polar surface area (TPSA) is 59.8 Å². The zero-order valence-electron chi connectivity index (χ0n) is 8.82. The monoisotopic (exact) mass is 196 g/mol. The van der Waals surface area contributed by atoms with Crippen LogP contribution in [0.5, 0.6) is 0 Å². The standard InChI is InChI=1S/C9H16N4O/c1-7(2)13-9(11-6-12-13)4-8(14)5-10-3/h6-7,10H,4-5H2,1-3H3. The zero-order chi connectivity index (χ0) is 10.6. The molecule has 0 radical (unpaired) electrons. The highest BCUT2D eigenvalue weighted by molar-refractivity contribution is 5.82. The third kappa shape index (κ3) is 2.63. The molecule has 0 spiro atoms. The molecule has 14 heavy (non-hydrogen) atoms. The summed E-state index contributed by atoms with van der Waals surface area (Å²) >= 11 is 0. The molecule has 5 nitrogen and oxygen atoms in total. The summed E-state index contributed by atoms with van der Waals surface area (Å²) in [6, 6.07) is 0.245. The highest BCUT2D eigenvalue weighted by Crippen LogP contribution is 2.05. The van der Waals surface area contributed by atoms with Gasteiger partial charge in [-0.05, 0) is 20.9 Å². The molecule has 0 bridgehead atoms. The summed E-state index contributed by atoms with van der Waals surface area (Å²) in [6.45, 7) is 4.41. The summed E-state index contributed by atoms with van der Waals surface area (Å²) in [4.78, 5) is 15.4. The minimum Gasteiger partial charge on any atom is -0.313 e. The Bertz CT molecular complexity index is 306. The van der Waals surface area contributed by atoms with Gasteiger partial charge in [-0.15, -0.1) is 0 Å². The lowest BCUT2D eigenvalue weighted by Crippen LogP contribution is -2.22. The molecule has 1 heterocycles. The van der Waals surface area contributed by atoms with E-state index < -0.39 is 0 Å². The summed E-state index contributed by atoms with van der Waals surface area (Å²) in [7, 11) is 1.76. The molecule has 78 valence electrons. The van der Waals surface area contributed by atoms with Gasteiger partial charge in [0, 0.05) is 6.04 Å². The van der Waals surface area contributed by atoms with Gasteiger partial charge in [-0.1, -0.05) is 0 Å². The molecule has 1 aromatic rings. The van der Waals surface area contributed by atoms with Crippen LogP contribution in [0, 0.1) is 0 Å². The molecule has 0 aliphatic rings. The van der Waals surface area contributed by atoms with Crippen LogP contribution < -0.4 is 5.32 Å². The number of hydrogen-bond donors (Lipinski definition) is 1. The number of ketones is 1. The molecule has 1 rings (SSSR count). The maximum atomic E-state index is 11.3. The van der Waals surface area contributed by atoms with Crippen molar-refractivity contribution in [2.24, 2.45) is 0 Å². The van der Waals surface area contributed by atoms with Crippen molar-refractivity contribution < 1.29 is 4.79 Å². The number of aromatic nitrogens is 3. The maximum absolute atomic E-state index is 11.3. The Morgan fingerprint density at radius 3 is 2.93 bits per heavy atom. The smallest absolute Gasteiger partial charge is 0.154 e. The first-order chi connectivity index (χ1) is 6.65. The molecule has 0 saturated carbocycles. The number of carbonyl (C=O) groups excluding carboxylic acids is 1. The minimum atomic E-state index is 0.127. The van der Waals surface area contributed by atoms with Crippen LogP contribution in [0.3, 0.4) is 0 Å². The highest BCUT2D eigenvalue weighted by atomic mass is 16.1. The molecule has 1 N–H and O–H groups in total. The Labute approximate surface area is 83.5 Å². The molecular formula is C9H16N4O. The fourth-order valence-electron chi connectivity index (χ4n) is 1.27. The summed E-state index contributed by atoms with van der Waals surface area (Å²) in [5.74, 6) is 0.864. The van der Waals surface area contributed by atoms with Crippen molar-refractivity contribution in [2.45, 2.75) is 26.3 Å². The van der Waals surface area contributed by atoms with Crippen molar-refractivity contribution >= 4 is 5.78 Å². The summed E-state index contributed by atoms with van der Waals surface area (Å²) in [5, 5.41) is 6.88. The van der Waals surface area contributed by atoms with Gasteiger partial charge < -0.3 is 5.32 Å². The molecule has 0 aliphatic heterocycles. The van der Waals surface area contributed by atoms with Crippen LogP contribution in [-0.4, -0.2) is 34.1 Å². The first kappa shape index (κ1) is 10.8. The van der Waals surface area contributed by atoms with Crippen LogP contribution >= 0.6 is 0 Å². The molecular weight excluding hydrogens is 180 g/mol. The van der Waals surface area contributed by atoms with Crippen molar-refractivity contribution in [1.82, 2.24) is 20.1 Å². The predicted octanol–water partition coefficient (Wildman–Crippen LogP) is 0.190. The average Bonchev–Trinajstić information content (AvgIpc) is 2.52. The third-order valence-corrected chi connectivity index (χ3v) is 1.87. The van der Waals surface area contributed by atoms with E-state index in [1.807, 2.05) is 13.8 Å². The first-order valence-corrected chi connectivity index (χ1v) is 4.69. The van der Waals surface area contributed by atoms with Crippen molar-refractivity contribution in [3.05, 3.63) is 12.2 Å². The van der Waals surface area contributed by atoms with Gasteiger partial charge in [-0.3, -0.25) is 4.79 Å². The predicted molar refractivity (Wildman–Crippen MR) is 53.0 cm³/mol. The molecule has 0 unspecified atom stereocenters. The van der Waals surface area contributed by atoms with Gasteiger partial charge in [0.15, 0.2) is 5.78 Å². The van der Waals surface area contributed by atoms with Crippen molar-refractivity contribution in [3.63, 3.8) is 0 Å². The summed E-state index contributed by atoms with van der Waals surface area (Å²) in [5.41, 5.74) is 0. The van der Waals surface area contributed by atoms with Crippen LogP contribution in [0.25, 0.3) is 0 Å². The normalized spacial score (nSPS) is 10.9. The van der Waals surface area contributed by atoms with E-state index in [-0.39, 0.29) is 11.8 Å². The van der Waals surface area contributed by atoms with E-state index in [0.717, 1.165) is 5.82 Å². The van der Waals surface area contributed by atoms with E-state index in [1.165, 1.54) is 6.33 Å².